The van der Waals surface area contributed by atoms with Crippen LogP contribution >= 0.6 is 9.24 Å². The Bertz CT molecular complexity index is 159. The van der Waals surface area contributed by atoms with Crippen LogP contribution < -0.4 is 11.1 Å². The number of hydrogen-bond acceptors (Lipinski definition) is 3. The van der Waals surface area contributed by atoms with E-state index in [1.54, 1.807) is 0 Å². The quantitative estimate of drug-likeness (QED) is 0.581. The monoisotopic (exact) mass is 174 g/mol. The summed E-state index contributed by atoms with van der Waals surface area (Å²) in [5.74, 6) is 0.623. The number of nitrogens with one attached hydrogen (secondary N) is 1. The first kappa shape index (κ1) is 8.82. The van der Waals surface area contributed by atoms with Gasteiger partial charge in [0.2, 0.25) is 0 Å². The van der Waals surface area contributed by atoms with Gasteiger partial charge in [-0.15, -0.1) is 9.24 Å². The van der Waals surface area contributed by atoms with E-state index in [-0.39, 0.29) is 0 Å². The van der Waals surface area contributed by atoms with E-state index < -0.39 is 0 Å². The second-order valence-corrected chi connectivity index (χ2v) is 3.11. The zero-order valence-electron chi connectivity index (χ0n) is 6.60. The van der Waals surface area contributed by atoms with Crippen molar-refractivity contribution < 1.29 is 4.74 Å². The minimum Gasteiger partial charge on any atom is -0.478 e. The molecular weight excluding hydrogens is 159 g/mol. The molecule has 0 bridgehead atoms. The molecule has 0 spiro atoms. The highest BCUT2D eigenvalue weighted by atomic mass is 31.0. The molecule has 0 radical (unpaired) electrons. The lowest BCUT2D eigenvalue weighted by Gasteiger charge is -2.06. The van der Waals surface area contributed by atoms with Crippen molar-refractivity contribution in [3.63, 3.8) is 0 Å². The molecule has 3 N–H and O–H groups in total. The maximum Gasteiger partial charge on any atom is 0.184 e. The van der Waals surface area contributed by atoms with Gasteiger partial charge in [-0.2, -0.15) is 0 Å². The van der Waals surface area contributed by atoms with Crippen molar-refractivity contribution in [2.75, 3.05) is 25.9 Å². The molecule has 11 heavy (non-hydrogen) atoms. The molecular formula is C7H15N2OP. The maximum atomic E-state index is 5.67. The highest BCUT2D eigenvalue weighted by Gasteiger charge is 2.07. The summed E-state index contributed by atoms with van der Waals surface area (Å²) in [5.41, 5.74) is 6.87. The zero-order valence-corrected chi connectivity index (χ0v) is 7.75. The summed E-state index contributed by atoms with van der Waals surface area (Å²) in [4.78, 5) is 0. The van der Waals surface area contributed by atoms with E-state index >= 15 is 0 Å². The highest BCUT2D eigenvalue weighted by Crippen LogP contribution is 2.08. The van der Waals surface area contributed by atoms with Gasteiger partial charge < -0.3 is 15.8 Å². The highest BCUT2D eigenvalue weighted by molar-refractivity contribution is 7.16. The number of nitrogens with two attached hydrogens (primary N) is 1. The van der Waals surface area contributed by atoms with Crippen LogP contribution in [-0.4, -0.2) is 25.9 Å². The molecule has 0 fully saturated rings. The molecule has 64 valence electrons. The molecule has 1 aliphatic rings. The maximum absolute atomic E-state index is 5.67. The Morgan fingerprint density at radius 3 is 3.18 bits per heavy atom. The van der Waals surface area contributed by atoms with E-state index in [4.69, 9.17) is 10.5 Å². The van der Waals surface area contributed by atoms with Gasteiger partial charge in [0.25, 0.3) is 0 Å². The summed E-state index contributed by atoms with van der Waals surface area (Å²) in [6, 6.07) is 0. The molecule has 0 aromatic carbocycles. The second kappa shape index (κ2) is 4.58. The standard InChI is InChI=1S/C7H15N2OP/c8-7-6(1-4-11)5-9-2-3-10-7/h9H,1-5,8,11H2. The van der Waals surface area contributed by atoms with Gasteiger partial charge >= 0.3 is 0 Å². The molecule has 3 nitrogen and oxygen atoms in total. The summed E-state index contributed by atoms with van der Waals surface area (Å²) in [5, 5.41) is 3.24. The van der Waals surface area contributed by atoms with Crippen molar-refractivity contribution in [1.29, 1.82) is 0 Å². The van der Waals surface area contributed by atoms with Crippen LogP contribution in [0.5, 0.6) is 0 Å². The van der Waals surface area contributed by atoms with Crippen molar-refractivity contribution in [1.82, 2.24) is 5.32 Å². The molecule has 1 atom stereocenters. The molecule has 0 aromatic rings. The van der Waals surface area contributed by atoms with Crippen LogP contribution in [0.2, 0.25) is 0 Å². The second-order valence-electron chi connectivity index (χ2n) is 2.53. The lowest BCUT2D eigenvalue weighted by molar-refractivity contribution is 0.216. The van der Waals surface area contributed by atoms with E-state index in [1.807, 2.05) is 0 Å². The van der Waals surface area contributed by atoms with Crippen LogP contribution in [0.15, 0.2) is 11.5 Å². The molecule has 0 saturated heterocycles. The molecule has 1 aliphatic heterocycles. The van der Waals surface area contributed by atoms with Crippen molar-refractivity contribution >= 4 is 9.24 Å². The smallest absolute Gasteiger partial charge is 0.184 e. The lowest BCUT2D eigenvalue weighted by atomic mass is 10.2. The predicted octanol–water partition coefficient (Wildman–Crippen LogP) is 0.0417. The van der Waals surface area contributed by atoms with Gasteiger partial charge in [-0.05, 0) is 12.6 Å². The van der Waals surface area contributed by atoms with E-state index in [1.165, 1.54) is 5.57 Å². The fraction of sp³-hybridized carbons (Fsp3) is 0.714. The molecule has 1 unspecified atom stereocenters. The Morgan fingerprint density at radius 1 is 1.64 bits per heavy atom. The number of rotatable bonds is 2. The van der Waals surface area contributed by atoms with Crippen molar-refractivity contribution in [3.05, 3.63) is 11.5 Å². The molecule has 0 aliphatic carbocycles. The van der Waals surface area contributed by atoms with Crippen molar-refractivity contribution in [2.24, 2.45) is 5.73 Å². The zero-order chi connectivity index (χ0) is 8.10. The molecule has 0 saturated carbocycles. The summed E-state index contributed by atoms with van der Waals surface area (Å²) in [6.45, 7) is 2.45. The number of hydrogen-bond donors (Lipinski definition) is 2. The largest absolute Gasteiger partial charge is 0.478 e. The number of ether oxygens (including phenoxy) is 1. The summed E-state index contributed by atoms with van der Waals surface area (Å²) in [6.07, 6.45) is 2.05. The Morgan fingerprint density at radius 2 is 2.45 bits per heavy atom. The van der Waals surface area contributed by atoms with E-state index in [9.17, 15) is 0 Å². The van der Waals surface area contributed by atoms with Crippen molar-refractivity contribution in [2.45, 2.75) is 6.42 Å². The fourth-order valence-electron chi connectivity index (χ4n) is 1.05. The topological polar surface area (TPSA) is 47.3 Å². The third-order valence-corrected chi connectivity index (χ3v) is 1.96. The van der Waals surface area contributed by atoms with Crippen LogP contribution in [0.3, 0.4) is 0 Å². The Balaban J connectivity index is 2.52. The molecule has 0 aromatic heterocycles. The Kier molecular flexibility index (Phi) is 3.67. The van der Waals surface area contributed by atoms with Gasteiger partial charge in [0, 0.05) is 18.7 Å². The van der Waals surface area contributed by atoms with Crippen molar-refractivity contribution in [3.8, 4) is 0 Å². The normalized spacial score (nSPS) is 19.4. The SMILES string of the molecule is NC1=C(CCP)CNCCO1. The van der Waals surface area contributed by atoms with Gasteiger partial charge in [0.1, 0.15) is 6.61 Å². The van der Waals surface area contributed by atoms with Gasteiger partial charge in [-0.25, -0.2) is 0 Å². The van der Waals surface area contributed by atoms with E-state index in [0.717, 1.165) is 25.7 Å². The predicted molar refractivity (Wildman–Crippen MR) is 49.2 cm³/mol. The first-order valence-corrected chi connectivity index (χ1v) is 4.67. The fourth-order valence-corrected chi connectivity index (χ4v) is 1.40. The lowest BCUT2D eigenvalue weighted by Crippen LogP contribution is -2.18. The third kappa shape index (κ3) is 2.68. The molecule has 4 heteroatoms. The molecule has 0 amide bonds. The van der Waals surface area contributed by atoms with Crippen LogP contribution in [0.4, 0.5) is 0 Å². The average Bonchev–Trinajstić information content (AvgIpc) is 2.18. The van der Waals surface area contributed by atoms with E-state index in [2.05, 4.69) is 14.6 Å². The van der Waals surface area contributed by atoms with E-state index in [0.29, 0.717) is 12.5 Å². The average molecular weight is 174 g/mol. The van der Waals surface area contributed by atoms with Crippen LogP contribution in [0.25, 0.3) is 0 Å². The summed E-state index contributed by atoms with van der Waals surface area (Å²) >= 11 is 0. The minimum atomic E-state index is 0.623. The van der Waals surface area contributed by atoms with Gasteiger partial charge in [-0.3, -0.25) is 0 Å². The van der Waals surface area contributed by atoms with Gasteiger partial charge in [0.15, 0.2) is 5.88 Å². The first-order chi connectivity index (χ1) is 5.34. The minimum absolute atomic E-state index is 0.623. The third-order valence-electron chi connectivity index (χ3n) is 1.67. The summed E-state index contributed by atoms with van der Waals surface area (Å²) in [7, 11) is 2.69. The summed E-state index contributed by atoms with van der Waals surface area (Å²) < 4.78 is 5.25. The van der Waals surface area contributed by atoms with Gasteiger partial charge in [0.05, 0.1) is 0 Å². The van der Waals surface area contributed by atoms with Crippen LogP contribution in [0, 0.1) is 0 Å². The Hall–Kier alpha value is -0.270. The molecule has 1 rings (SSSR count). The molecule has 1 heterocycles. The van der Waals surface area contributed by atoms with Crippen LogP contribution in [-0.2, 0) is 4.74 Å². The first-order valence-electron chi connectivity index (χ1n) is 3.85. The Labute approximate surface area is 69.6 Å². The van der Waals surface area contributed by atoms with Gasteiger partial charge in [-0.1, -0.05) is 0 Å². The van der Waals surface area contributed by atoms with Crippen LogP contribution in [0.1, 0.15) is 6.42 Å².